The van der Waals surface area contributed by atoms with Crippen molar-refractivity contribution < 1.29 is 38.1 Å². The van der Waals surface area contributed by atoms with Crippen molar-refractivity contribution in [1.82, 2.24) is 0 Å². The van der Waals surface area contributed by atoms with Crippen molar-refractivity contribution in [3.63, 3.8) is 0 Å². The fraction of sp³-hybridized carbons (Fsp3) is 0.778. The molecule has 8 nitrogen and oxygen atoms in total. The lowest BCUT2D eigenvalue weighted by Gasteiger charge is -2.60. The molecular weight excluding hydrogens is 452 g/mol. The highest BCUT2D eigenvalue weighted by Gasteiger charge is 2.74. The van der Waals surface area contributed by atoms with Gasteiger partial charge in [0.25, 0.3) is 5.79 Å². The van der Waals surface area contributed by atoms with Crippen LogP contribution in [0.5, 0.6) is 0 Å². The molecule has 0 N–H and O–H groups in total. The van der Waals surface area contributed by atoms with E-state index in [0.717, 1.165) is 43.9 Å². The first kappa shape index (κ1) is 23.0. The fourth-order valence-corrected chi connectivity index (χ4v) is 9.01. The Labute approximate surface area is 205 Å². The number of esters is 4. The van der Waals surface area contributed by atoms with Gasteiger partial charge in [0, 0.05) is 12.0 Å². The molecule has 0 aromatic rings. The van der Waals surface area contributed by atoms with Gasteiger partial charge >= 0.3 is 23.9 Å². The average molecular weight is 487 g/mol. The molecule has 5 unspecified atom stereocenters. The fourth-order valence-electron chi connectivity index (χ4n) is 9.01. The zero-order chi connectivity index (χ0) is 24.7. The Hall–Kier alpha value is -2.38. The number of carbonyl (C=O) groups is 4. The second-order valence-corrected chi connectivity index (χ2v) is 12.0. The maximum absolute atomic E-state index is 13.8. The van der Waals surface area contributed by atoms with Gasteiger partial charge in [0.15, 0.2) is 6.61 Å². The molecule has 0 radical (unpaired) electrons. The van der Waals surface area contributed by atoms with Crippen LogP contribution in [0.3, 0.4) is 0 Å². The third-order valence-corrected chi connectivity index (χ3v) is 10.1. The minimum atomic E-state index is -1.49. The van der Waals surface area contributed by atoms with Crippen LogP contribution in [0.2, 0.25) is 0 Å². The largest absolute Gasteiger partial charge is 0.458 e. The van der Waals surface area contributed by atoms with Gasteiger partial charge in [0.1, 0.15) is 5.60 Å². The van der Waals surface area contributed by atoms with E-state index < -0.39 is 53.7 Å². The predicted octanol–water partition coefficient (Wildman–Crippen LogP) is 3.32. The van der Waals surface area contributed by atoms with E-state index in [1.807, 2.05) is 0 Å². The Morgan fingerprint density at radius 2 is 1.69 bits per heavy atom. The Kier molecular flexibility index (Phi) is 5.14. The number of hydrogen-bond acceptors (Lipinski definition) is 8. The summed E-state index contributed by atoms with van der Waals surface area (Å²) >= 11 is 0. The van der Waals surface area contributed by atoms with Crippen molar-refractivity contribution in [3.05, 3.63) is 12.2 Å². The van der Waals surface area contributed by atoms with Crippen molar-refractivity contribution in [2.75, 3.05) is 6.61 Å². The zero-order valence-electron chi connectivity index (χ0n) is 20.5. The summed E-state index contributed by atoms with van der Waals surface area (Å²) in [6.07, 6.45) is 7.55. The number of fused-ring (bicyclic) bond motifs is 1. The molecule has 8 bridgehead atoms. The van der Waals surface area contributed by atoms with Crippen molar-refractivity contribution in [2.45, 2.75) is 76.6 Å². The van der Waals surface area contributed by atoms with Gasteiger partial charge in [0.2, 0.25) is 0 Å². The quantitative estimate of drug-likeness (QED) is 0.307. The Morgan fingerprint density at radius 3 is 2.29 bits per heavy atom. The zero-order valence-corrected chi connectivity index (χ0v) is 20.5. The standard InChI is InChI=1S/C27H34O8/c1-4-26(17-6-14-5-15(8-17)9-18(26)7-14)34-25(31)22-19-10-16-11-27(19,35-24(30)21(16)22)33-20(28)12-32-23(29)13(2)3/h14-19,21-22H,2,4-12H2,1,3H3. The van der Waals surface area contributed by atoms with Gasteiger partial charge in [-0.25, -0.2) is 9.59 Å². The van der Waals surface area contributed by atoms with Crippen LogP contribution >= 0.6 is 0 Å². The summed E-state index contributed by atoms with van der Waals surface area (Å²) in [5.41, 5.74) is -0.281. The van der Waals surface area contributed by atoms with Crippen molar-refractivity contribution in [3.8, 4) is 0 Å². The molecular formula is C27H34O8. The van der Waals surface area contributed by atoms with Gasteiger partial charge in [-0.3, -0.25) is 9.59 Å². The van der Waals surface area contributed by atoms with Gasteiger partial charge < -0.3 is 18.9 Å². The van der Waals surface area contributed by atoms with Crippen LogP contribution in [0.1, 0.15) is 65.2 Å². The molecule has 6 aliphatic carbocycles. The van der Waals surface area contributed by atoms with E-state index in [1.165, 1.54) is 13.3 Å². The van der Waals surface area contributed by atoms with Crippen molar-refractivity contribution in [1.29, 1.82) is 0 Å². The minimum Gasteiger partial charge on any atom is -0.458 e. The van der Waals surface area contributed by atoms with E-state index in [2.05, 4.69) is 13.5 Å². The van der Waals surface area contributed by atoms with Gasteiger partial charge in [-0.05, 0) is 81.5 Å². The Morgan fingerprint density at radius 1 is 1.03 bits per heavy atom. The molecule has 0 aromatic heterocycles. The number of carbonyl (C=O) groups excluding carboxylic acids is 4. The predicted molar refractivity (Wildman–Crippen MR) is 120 cm³/mol. The molecule has 8 rings (SSSR count). The normalized spacial score (nSPS) is 45.8. The smallest absolute Gasteiger partial charge is 0.347 e. The topological polar surface area (TPSA) is 105 Å². The summed E-state index contributed by atoms with van der Waals surface area (Å²) < 4.78 is 22.6. The van der Waals surface area contributed by atoms with E-state index in [-0.39, 0.29) is 17.5 Å². The second kappa shape index (κ2) is 7.81. The van der Waals surface area contributed by atoms with Gasteiger partial charge in [-0.2, -0.15) is 0 Å². The molecule has 0 aromatic carbocycles. The van der Waals surface area contributed by atoms with Crippen LogP contribution in [-0.4, -0.2) is 41.9 Å². The molecule has 8 aliphatic rings. The molecule has 2 heterocycles. The Bertz CT molecular complexity index is 971. The number of hydrogen-bond donors (Lipinski definition) is 0. The molecule has 35 heavy (non-hydrogen) atoms. The average Bonchev–Trinajstić information content (AvgIpc) is 3.32. The lowest BCUT2D eigenvalue weighted by Crippen LogP contribution is -2.62. The highest BCUT2D eigenvalue weighted by molar-refractivity contribution is 5.89. The second-order valence-electron chi connectivity index (χ2n) is 12.0. The summed E-state index contributed by atoms with van der Waals surface area (Å²) in [6, 6.07) is 0. The van der Waals surface area contributed by atoms with Crippen LogP contribution < -0.4 is 0 Å². The summed E-state index contributed by atoms with van der Waals surface area (Å²) in [7, 11) is 0. The van der Waals surface area contributed by atoms with E-state index in [9.17, 15) is 19.2 Å². The molecule has 5 atom stereocenters. The first-order valence-electron chi connectivity index (χ1n) is 13.2. The van der Waals surface area contributed by atoms with Crippen LogP contribution in [-0.2, 0) is 38.1 Å². The molecule has 2 aliphatic heterocycles. The summed E-state index contributed by atoms with van der Waals surface area (Å²) in [5.74, 6) is -3.26. The lowest BCUT2D eigenvalue weighted by atomic mass is 9.49. The molecule has 8 fully saturated rings. The molecule has 2 saturated heterocycles. The lowest BCUT2D eigenvalue weighted by molar-refractivity contribution is -0.284. The van der Waals surface area contributed by atoms with Crippen LogP contribution in [0.25, 0.3) is 0 Å². The monoisotopic (exact) mass is 486 g/mol. The number of ether oxygens (including phenoxy) is 4. The third kappa shape index (κ3) is 3.30. The van der Waals surface area contributed by atoms with E-state index in [0.29, 0.717) is 24.7 Å². The highest BCUT2D eigenvalue weighted by Crippen LogP contribution is 2.65. The summed E-state index contributed by atoms with van der Waals surface area (Å²) in [6.45, 7) is 6.48. The molecule has 190 valence electrons. The van der Waals surface area contributed by atoms with Gasteiger partial charge in [-0.15, -0.1) is 0 Å². The highest BCUT2D eigenvalue weighted by atomic mass is 16.7. The molecule has 0 amide bonds. The van der Waals surface area contributed by atoms with Crippen molar-refractivity contribution >= 4 is 23.9 Å². The molecule has 0 spiro atoms. The third-order valence-electron chi connectivity index (χ3n) is 10.1. The van der Waals surface area contributed by atoms with E-state index in [1.54, 1.807) is 0 Å². The molecule has 6 saturated carbocycles. The molecule has 8 heteroatoms. The summed E-state index contributed by atoms with van der Waals surface area (Å²) in [4.78, 5) is 50.9. The van der Waals surface area contributed by atoms with E-state index in [4.69, 9.17) is 18.9 Å². The maximum Gasteiger partial charge on any atom is 0.347 e. The van der Waals surface area contributed by atoms with Crippen molar-refractivity contribution in [2.24, 2.45) is 47.3 Å². The first-order chi connectivity index (χ1) is 16.7. The minimum absolute atomic E-state index is 0.0827. The first-order valence-corrected chi connectivity index (χ1v) is 13.2. The summed E-state index contributed by atoms with van der Waals surface area (Å²) in [5, 5.41) is 0. The van der Waals surface area contributed by atoms with Gasteiger partial charge in [-0.1, -0.05) is 13.5 Å². The SMILES string of the molecule is C=C(C)C(=O)OCC(=O)OC12CC3CC1C(C(=O)OC1(CC)C4CC5CC(C4)CC1C5)C3C(=O)O2. The maximum atomic E-state index is 13.8. The van der Waals surface area contributed by atoms with Crippen LogP contribution in [0.4, 0.5) is 0 Å². The van der Waals surface area contributed by atoms with E-state index >= 15 is 0 Å². The Balaban J connectivity index is 1.20. The van der Waals surface area contributed by atoms with Crippen LogP contribution in [0, 0.1) is 47.3 Å². The number of rotatable bonds is 7. The van der Waals surface area contributed by atoms with Gasteiger partial charge in [0.05, 0.1) is 17.8 Å². The van der Waals surface area contributed by atoms with Crippen LogP contribution in [0.15, 0.2) is 12.2 Å².